The molecule has 136 valence electrons. The van der Waals surface area contributed by atoms with Gasteiger partial charge in [0.1, 0.15) is 5.75 Å². The molecule has 0 atom stereocenters. The molecule has 0 aromatic heterocycles. The highest BCUT2D eigenvalue weighted by molar-refractivity contribution is 6.31. The number of nitro benzene ring substituents is 1. The lowest BCUT2D eigenvalue weighted by atomic mass is 10.1. The zero-order valence-corrected chi connectivity index (χ0v) is 14.2. The van der Waals surface area contributed by atoms with E-state index in [4.69, 9.17) is 16.3 Å². The Morgan fingerprint density at radius 1 is 1.38 bits per heavy atom. The number of carbonyl (C=O) groups excluding carboxylic acids is 1. The quantitative estimate of drug-likeness (QED) is 0.401. The Balaban J connectivity index is 2.25. The number of hydrogen-bond acceptors (Lipinski definition) is 7. The number of amides is 1. The Labute approximate surface area is 152 Å². The molecule has 2 aromatic rings. The summed E-state index contributed by atoms with van der Waals surface area (Å²) in [6.07, 6.45) is 1.02. The number of nitrogens with one attached hydrogen (secondary N) is 1. The number of phenolic OH excluding ortho intramolecular Hbond substituents is 2. The highest BCUT2D eigenvalue weighted by Gasteiger charge is 2.16. The van der Waals surface area contributed by atoms with E-state index in [0.717, 1.165) is 18.3 Å². The molecule has 0 bridgehead atoms. The zero-order valence-electron chi connectivity index (χ0n) is 13.5. The number of hydrazone groups is 1. The molecule has 0 saturated heterocycles. The van der Waals surface area contributed by atoms with Gasteiger partial charge in [-0.15, -0.1) is 0 Å². The fraction of sp³-hybridized carbons (Fsp3) is 0.125. The Morgan fingerprint density at radius 2 is 2.12 bits per heavy atom. The van der Waals surface area contributed by atoms with E-state index in [2.05, 4.69) is 10.5 Å². The van der Waals surface area contributed by atoms with Crippen molar-refractivity contribution in [3.05, 3.63) is 56.6 Å². The molecule has 1 amide bonds. The van der Waals surface area contributed by atoms with Crippen molar-refractivity contribution in [1.82, 2.24) is 5.43 Å². The van der Waals surface area contributed by atoms with Gasteiger partial charge in [-0.05, 0) is 25.1 Å². The van der Waals surface area contributed by atoms with Crippen LogP contribution in [0.4, 0.5) is 5.69 Å². The topological polar surface area (TPSA) is 134 Å². The van der Waals surface area contributed by atoms with Crippen LogP contribution in [-0.2, 0) is 0 Å². The van der Waals surface area contributed by atoms with Gasteiger partial charge in [-0.3, -0.25) is 14.9 Å². The lowest BCUT2D eigenvalue weighted by molar-refractivity contribution is -0.385. The van der Waals surface area contributed by atoms with Gasteiger partial charge in [0, 0.05) is 16.7 Å². The largest absolute Gasteiger partial charge is 0.507 e. The number of halogens is 1. The molecule has 0 unspecified atom stereocenters. The van der Waals surface area contributed by atoms with Gasteiger partial charge in [-0.2, -0.15) is 5.10 Å². The zero-order chi connectivity index (χ0) is 19.3. The minimum absolute atomic E-state index is 0.0294. The van der Waals surface area contributed by atoms with Crippen LogP contribution in [-0.4, -0.2) is 33.9 Å². The minimum atomic E-state index is -0.754. The second kappa shape index (κ2) is 8.17. The van der Waals surface area contributed by atoms with Crippen LogP contribution < -0.4 is 10.2 Å². The Hall–Kier alpha value is -3.33. The Bertz CT molecular complexity index is 885. The molecule has 2 rings (SSSR count). The van der Waals surface area contributed by atoms with Gasteiger partial charge in [0.15, 0.2) is 11.5 Å². The molecule has 0 fully saturated rings. The number of phenols is 2. The molecule has 0 heterocycles. The fourth-order valence-electron chi connectivity index (χ4n) is 1.99. The van der Waals surface area contributed by atoms with E-state index < -0.39 is 10.8 Å². The standard InChI is InChI=1S/C16H14ClN3O6/c1-2-26-14-7-11(20(24)25)5-9(15(14)22)8-18-19-16(23)12-6-10(17)3-4-13(12)21/h3-8,21-22H,2H2,1H3,(H,19,23)/b18-8+. The van der Waals surface area contributed by atoms with Gasteiger partial charge in [-0.25, -0.2) is 5.43 Å². The summed E-state index contributed by atoms with van der Waals surface area (Å²) in [5.41, 5.74) is 1.69. The van der Waals surface area contributed by atoms with Crippen molar-refractivity contribution < 1.29 is 24.7 Å². The fourth-order valence-corrected chi connectivity index (χ4v) is 2.17. The van der Waals surface area contributed by atoms with Crippen molar-refractivity contribution in [2.24, 2.45) is 5.10 Å². The smallest absolute Gasteiger partial charge is 0.275 e. The van der Waals surface area contributed by atoms with Gasteiger partial charge in [0.2, 0.25) is 0 Å². The monoisotopic (exact) mass is 379 g/mol. The number of rotatable bonds is 6. The summed E-state index contributed by atoms with van der Waals surface area (Å²) >= 11 is 5.77. The van der Waals surface area contributed by atoms with E-state index in [0.29, 0.717) is 0 Å². The van der Waals surface area contributed by atoms with Gasteiger partial charge < -0.3 is 14.9 Å². The average Bonchev–Trinajstić information content (AvgIpc) is 2.59. The third-order valence-electron chi connectivity index (χ3n) is 3.17. The molecule has 0 aliphatic rings. The number of benzene rings is 2. The molecule has 3 N–H and O–H groups in total. The van der Waals surface area contributed by atoms with E-state index >= 15 is 0 Å². The van der Waals surface area contributed by atoms with Crippen molar-refractivity contribution in [3.8, 4) is 17.2 Å². The molecule has 10 heteroatoms. The van der Waals surface area contributed by atoms with Gasteiger partial charge in [0.25, 0.3) is 11.6 Å². The molecule has 0 spiro atoms. The number of non-ortho nitro benzene ring substituents is 1. The summed E-state index contributed by atoms with van der Waals surface area (Å²) < 4.78 is 5.14. The number of carbonyl (C=O) groups is 1. The first-order chi connectivity index (χ1) is 12.3. The molecule has 0 saturated carbocycles. The summed E-state index contributed by atoms with van der Waals surface area (Å²) in [5.74, 6) is -1.49. The summed E-state index contributed by atoms with van der Waals surface area (Å²) in [4.78, 5) is 22.3. The van der Waals surface area contributed by atoms with E-state index in [1.165, 1.54) is 18.2 Å². The number of nitro groups is 1. The van der Waals surface area contributed by atoms with Crippen LogP contribution >= 0.6 is 11.6 Å². The van der Waals surface area contributed by atoms with Gasteiger partial charge >= 0.3 is 0 Å². The maximum atomic E-state index is 12.0. The highest BCUT2D eigenvalue weighted by Crippen LogP contribution is 2.33. The van der Waals surface area contributed by atoms with Crippen molar-refractivity contribution in [1.29, 1.82) is 0 Å². The molecule has 9 nitrogen and oxygen atoms in total. The maximum absolute atomic E-state index is 12.0. The van der Waals surface area contributed by atoms with E-state index in [9.17, 15) is 25.1 Å². The van der Waals surface area contributed by atoms with Crippen LogP contribution in [0.1, 0.15) is 22.8 Å². The minimum Gasteiger partial charge on any atom is -0.507 e. The summed E-state index contributed by atoms with van der Waals surface area (Å²) in [7, 11) is 0. The van der Waals surface area contributed by atoms with Crippen molar-refractivity contribution in [3.63, 3.8) is 0 Å². The van der Waals surface area contributed by atoms with E-state index in [-0.39, 0.29) is 45.7 Å². The molecule has 26 heavy (non-hydrogen) atoms. The van der Waals surface area contributed by atoms with Crippen LogP contribution in [0.5, 0.6) is 17.2 Å². The second-order valence-electron chi connectivity index (χ2n) is 4.93. The second-order valence-corrected chi connectivity index (χ2v) is 5.37. The van der Waals surface area contributed by atoms with Crippen LogP contribution in [0.3, 0.4) is 0 Å². The Kier molecular flexibility index (Phi) is 5.97. The molecule has 2 aromatic carbocycles. The third-order valence-corrected chi connectivity index (χ3v) is 3.41. The van der Waals surface area contributed by atoms with Crippen LogP contribution in [0.25, 0.3) is 0 Å². The van der Waals surface area contributed by atoms with Crippen LogP contribution in [0.2, 0.25) is 5.02 Å². The normalized spacial score (nSPS) is 10.7. The van der Waals surface area contributed by atoms with Crippen LogP contribution in [0, 0.1) is 10.1 Å². The molecular weight excluding hydrogens is 366 g/mol. The Morgan fingerprint density at radius 3 is 2.77 bits per heavy atom. The average molecular weight is 380 g/mol. The molecule has 0 aliphatic heterocycles. The van der Waals surface area contributed by atoms with E-state index in [1.54, 1.807) is 6.92 Å². The number of hydrogen-bond donors (Lipinski definition) is 3. The summed E-state index contributed by atoms with van der Waals surface area (Å²) in [6, 6.07) is 6.07. The lowest BCUT2D eigenvalue weighted by Gasteiger charge is -2.08. The summed E-state index contributed by atoms with van der Waals surface area (Å²) in [6.45, 7) is 1.85. The predicted octanol–water partition coefficient (Wildman–Crippen LogP) is 2.82. The number of aromatic hydroxyl groups is 2. The first kappa shape index (κ1) is 19.0. The number of ether oxygens (including phenoxy) is 1. The first-order valence-corrected chi connectivity index (χ1v) is 7.67. The maximum Gasteiger partial charge on any atom is 0.275 e. The summed E-state index contributed by atoms with van der Waals surface area (Å²) in [5, 5.41) is 34.6. The lowest BCUT2D eigenvalue weighted by Crippen LogP contribution is -2.17. The van der Waals surface area contributed by atoms with Gasteiger partial charge in [0.05, 0.1) is 29.4 Å². The van der Waals surface area contributed by atoms with Crippen LogP contribution in [0.15, 0.2) is 35.4 Å². The number of nitrogens with zero attached hydrogens (tertiary/aromatic N) is 2. The molecule has 0 radical (unpaired) electrons. The van der Waals surface area contributed by atoms with Crippen molar-refractivity contribution in [2.75, 3.05) is 6.61 Å². The molecule has 0 aliphatic carbocycles. The first-order valence-electron chi connectivity index (χ1n) is 7.29. The van der Waals surface area contributed by atoms with Gasteiger partial charge in [-0.1, -0.05) is 11.6 Å². The van der Waals surface area contributed by atoms with Crippen molar-refractivity contribution >= 4 is 29.4 Å². The highest BCUT2D eigenvalue weighted by atomic mass is 35.5. The molecular formula is C16H14ClN3O6. The third kappa shape index (κ3) is 4.39. The SMILES string of the molecule is CCOc1cc([N+](=O)[O-])cc(/C=N/NC(=O)c2cc(Cl)ccc2O)c1O. The van der Waals surface area contributed by atoms with Crippen molar-refractivity contribution in [2.45, 2.75) is 6.92 Å². The van der Waals surface area contributed by atoms with E-state index in [1.807, 2.05) is 0 Å². The predicted molar refractivity (Wildman–Crippen MR) is 94.1 cm³/mol.